The maximum absolute atomic E-state index is 12.8. The molecule has 0 spiro atoms. The fourth-order valence-electron chi connectivity index (χ4n) is 3.50. The number of hydrogen-bond donors (Lipinski definition) is 1. The minimum Gasteiger partial charge on any atom is -0.378 e. The number of ether oxygens (including phenoxy) is 1. The summed E-state index contributed by atoms with van der Waals surface area (Å²) in [6.07, 6.45) is 0.344. The summed E-state index contributed by atoms with van der Waals surface area (Å²) < 4.78 is 6.39. The Bertz CT molecular complexity index is 962. The van der Waals surface area contributed by atoms with Gasteiger partial charge in [0, 0.05) is 17.6 Å². The fraction of sp³-hybridized carbons (Fsp3) is 0.227. The largest absolute Gasteiger partial charge is 0.378 e. The lowest BCUT2D eigenvalue weighted by atomic mass is 10.0. The van der Waals surface area contributed by atoms with Gasteiger partial charge in [0.05, 0.1) is 31.0 Å². The highest BCUT2D eigenvalue weighted by Crippen LogP contribution is 2.30. The number of nitrogens with zero attached hydrogens (tertiary/aromatic N) is 1. The molecule has 0 bridgehead atoms. The van der Waals surface area contributed by atoms with Gasteiger partial charge in [0.25, 0.3) is 0 Å². The molecule has 27 heavy (non-hydrogen) atoms. The highest BCUT2D eigenvalue weighted by atomic mass is 79.9. The van der Waals surface area contributed by atoms with Gasteiger partial charge in [0.2, 0.25) is 5.91 Å². The summed E-state index contributed by atoms with van der Waals surface area (Å²) in [6, 6.07) is 20.3. The maximum Gasteiger partial charge on any atom is 0.228 e. The number of carbonyl (C=O) groups is 1. The standard InChI is InChI=1S/C22H21BrN2O2/c23-18-8-9-21(25-10-12-27-13-11-25)20(15-18)24-22(26)14-17-6-3-5-16-4-1-2-7-19(16)17/h1-9,15H,10-14H2,(H,24,26). The smallest absolute Gasteiger partial charge is 0.228 e. The molecular formula is C22H21BrN2O2. The van der Waals surface area contributed by atoms with Crippen LogP contribution in [0.4, 0.5) is 11.4 Å². The van der Waals surface area contributed by atoms with Gasteiger partial charge < -0.3 is 15.0 Å². The number of halogens is 1. The number of nitrogens with one attached hydrogen (secondary N) is 1. The summed E-state index contributed by atoms with van der Waals surface area (Å²) in [4.78, 5) is 15.1. The second-order valence-corrected chi connectivity index (χ2v) is 7.54. The Morgan fingerprint density at radius 2 is 1.81 bits per heavy atom. The zero-order valence-corrected chi connectivity index (χ0v) is 16.5. The first-order valence-corrected chi connectivity index (χ1v) is 9.89. The second kappa shape index (κ2) is 8.11. The first kappa shape index (κ1) is 18.0. The molecule has 1 heterocycles. The molecule has 138 valence electrons. The van der Waals surface area contributed by atoms with E-state index < -0.39 is 0 Å². The minimum absolute atomic E-state index is 0.0148. The van der Waals surface area contributed by atoms with Crippen molar-refractivity contribution in [2.24, 2.45) is 0 Å². The molecule has 5 heteroatoms. The number of benzene rings is 3. The summed E-state index contributed by atoms with van der Waals surface area (Å²) >= 11 is 3.52. The lowest BCUT2D eigenvalue weighted by Crippen LogP contribution is -2.36. The molecule has 1 fully saturated rings. The fourth-order valence-corrected chi connectivity index (χ4v) is 3.86. The van der Waals surface area contributed by atoms with Crippen LogP contribution in [0, 0.1) is 0 Å². The summed E-state index contributed by atoms with van der Waals surface area (Å²) in [5, 5.41) is 5.39. The van der Waals surface area contributed by atoms with E-state index in [0.717, 1.165) is 45.3 Å². The first-order valence-electron chi connectivity index (χ1n) is 9.09. The van der Waals surface area contributed by atoms with Gasteiger partial charge in [0.1, 0.15) is 0 Å². The van der Waals surface area contributed by atoms with Crippen molar-refractivity contribution in [3.63, 3.8) is 0 Å². The lowest BCUT2D eigenvalue weighted by Gasteiger charge is -2.30. The molecular weight excluding hydrogens is 404 g/mol. The van der Waals surface area contributed by atoms with E-state index in [2.05, 4.69) is 44.3 Å². The molecule has 1 N–H and O–H groups in total. The summed E-state index contributed by atoms with van der Waals surface area (Å²) in [7, 11) is 0. The number of amides is 1. The van der Waals surface area contributed by atoms with Gasteiger partial charge in [-0.15, -0.1) is 0 Å². The van der Waals surface area contributed by atoms with E-state index in [0.29, 0.717) is 19.6 Å². The highest BCUT2D eigenvalue weighted by Gasteiger charge is 2.17. The van der Waals surface area contributed by atoms with Crippen LogP contribution < -0.4 is 10.2 Å². The molecule has 0 saturated carbocycles. The quantitative estimate of drug-likeness (QED) is 0.664. The van der Waals surface area contributed by atoms with Crippen LogP contribution in [0.1, 0.15) is 5.56 Å². The Balaban J connectivity index is 1.56. The highest BCUT2D eigenvalue weighted by molar-refractivity contribution is 9.10. The van der Waals surface area contributed by atoms with Gasteiger partial charge in [-0.3, -0.25) is 4.79 Å². The van der Waals surface area contributed by atoms with Gasteiger partial charge >= 0.3 is 0 Å². The third-order valence-corrected chi connectivity index (χ3v) is 5.31. The van der Waals surface area contributed by atoms with Crippen molar-refractivity contribution in [3.05, 3.63) is 70.7 Å². The SMILES string of the molecule is O=C(Cc1cccc2ccccc12)Nc1cc(Br)ccc1N1CCOCC1. The summed E-state index contributed by atoms with van der Waals surface area (Å²) in [5.41, 5.74) is 2.90. The van der Waals surface area contributed by atoms with Gasteiger partial charge in [-0.1, -0.05) is 58.4 Å². The Hall–Kier alpha value is -2.37. The third kappa shape index (κ3) is 4.15. The van der Waals surface area contributed by atoms with E-state index in [4.69, 9.17) is 4.74 Å². The van der Waals surface area contributed by atoms with E-state index in [9.17, 15) is 4.79 Å². The van der Waals surface area contributed by atoms with Crippen molar-refractivity contribution in [2.45, 2.75) is 6.42 Å². The summed E-state index contributed by atoms with van der Waals surface area (Å²) in [6.45, 7) is 3.07. The number of anilines is 2. The molecule has 4 nitrogen and oxygen atoms in total. The molecule has 1 saturated heterocycles. The molecule has 1 aliphatic heterocycles. The van der Waals surface area contributed by atoms with Crippen LogP contribution in [0.15, 0.2) is 65.1 Å². The van der Waals surface area contributed by atoms with Gasteiger partial charge in [-0.25, -0.2) is 0 Å². The van der Waals surface area contributed by atoms with E-state index in [1.54, 1.807) is 0 Å². The molecule has 0 unspecified atom stereocenters. The number of fused-ring (bicyclic) bond motifs is 1. The third-order valence-electron chi connectivity index (χ3n) is 4.82. The van der Waals surface area contributed by atoms with Gasteiger partial charge in [-0.05, 0) is 34.5 Å². The van der Waals surface area contributed by atoms with E-state index in [-0.39, 0.29) is 5.91 Å². The number of hydrogen-bond acceptors (Lipinski definition) is 3. The number of carbonyl (C=O) groups excluding carboxylic acids is 1. The Kier molecular flexibility index (Phi) is 5.41. The van der Waals surface area contributed by atoms with Crippen molar-refractivity contribution in [1.29, 1.82) is 0 Å². The van der Waals surface area contributed by atoms with Crippen LogP contribution in [0.3, 0.4) is 0 Å². The van der Waals surface area contributed by atoms with Crippen molar-refractivity contribution >= 4 is 44.0 Å². The van der Waals surface area contributed by atoms with Crippen LogP contribution in [-0.4, -0.2) is 32.2 Å². The first-order chi connectivity index (χ1) is 13.2. The van der Waals surface area contributed by atoms with Gasteiger partial charge in [-0.2, -0.15) is 0 Å². The minimum atomic E-state index is -0.0148. The normalized spacial score (nSPS) is 14.3. The molecule has 3 aromatic carbocycles. The molecule has 1 amide bonds. The van der Waals surface area contributed by atoms with Crippen LogP contribution in [-0.2, 0) is 16.0 Å². The number of rotatable bonds is 4. The summed E-state index contributed by atoms with van der Waals surface area (Å²) in [5.74, 6) is -0.0148. The number of morpholine rings is 1. The second-order valence-electron chi connectivity index (χ2n) is 6.62. The maximum atomic E-state index is 12.8. The van der Waals surface area contributed by atoms with E-state index >= 15 is 0 Å². The monoisotopic (exact) mass is 424 g/mol. The predicted octanol–water partition coefficient (Wildman–Crippen LogP) is 4.62. The van der Waals surface area contributed by atoms with Crippen molar-refractivity contribution in [1.82, 2.24) is 0 Å². The topological polar surface area (TPSA) is 41.6 Å². The molecule has 0 radical (unpaired) electrons. The van der Waals surface area contributed by atoms with E-state index in [1.165, 1.54) is 0 Å². The van der Waals surface area contributed by atoms with Crippen LogP contribution >= 0.6 is 15.9 Å². The molecule has 0 aliphatic carbocycles. The Morgan fingerprint density at radius 3 is 2.67 bits per heavy atom. The predicted molar refractivity (Wildman–Crippen MR) is 113 cm³/mol. The molecule has 1 aliphatic rings. The van der Waals surface area contributed by atoms with Crippen molar-refractivity contribution < 1.29 is 9.53 Å². The lowest BCUT2D eigenvalue weighted by molar-refractivity contribution is -0.115. The van der Waals surface area contributed by atoms with E-state index in [1.807, 2.05) is 42.5 Å². The molecule has 3 aromatic rings. The average Bonchev–Trinajstić information content (AvgIpc) is 2.69. The molecule has 0 aromatic heterocycles. The molecule has 0 atom stereocenters. The average molecular weight is 425 g/mol. The molecule has 4 rings (SSSR count). The van der Waals surface area contributed by atoms with Crippen LogP contribution in [0.5, 0.6) is 0 Å². The van der Waals surface area contributed by atoms with Crippen molar-refractivity contribution in [3.8, 4) is 0 Å². The van der Waals surface area contributed by atoms with Crippen molar-refractivity contribution in [2.75, 3.05) is 36.5 Å². The van der Waals surface area contributed by atoms with Crippen LogP contribution in [0.2, 0.25) is 0 Å². The van der Waals surface area contributed by atoms with Gasteiger partial charge in [0.15, 0.2) is 0 Å². The Morgan fingerprint density at radius 1 is 1.04 bits per heavy atom. The van der Waals surface area contributed by atoms with Crippen LogP contribution in [0.25, 0.3) is 10.8 Å². The Labute approximate surface area is 167 Å². The zero-order valence-electron chi connectivity index (χ0n) is 15.0. The zero-order chi connectivity index (χ0) is 18.6.